The molecule has 202 valence electrons. The van der Waals surface area contributed by atoms with Crippen molar-refractivity contribution in [2.75, 3.05) is 7.11 Å². The van der Waals surface area contributed by atoms with Crippen LogP contribution in [-0.4, -0.2) is 76.5 Å². The van der Waals surface area contributed by atoms with Gasteiger partial charge in [-0.05, 0) is 38.0 Å². The first-order chi connectivity index (χ1) is 17.6. The van der Waals surface area contributed by atoms with E-state index in [0.717, 1.165) is 5.57 Å². The maximum Gasteiger partial charge on any atom is 0.355 e. The van der Waals surface area contributed by atoms with Crippen molar-refractivity contribution < 1.29 is 38.7 Å². The average Bonchev–Trinajstić information content (AvgIpc) is 3.46. The lowest BCUT2D eigenvalue weighted by Crippen LogP contribution is -2.57. The summed E-state index contributed by atoms with van der Waals surface area (Å²) in [4.78, 5) is 28.8. The second-order valence-electron chi connectivity index (χ2n) is 11.1. The Morgan fingerprint density at radius 2 is 2.05 bits per heavy atom. The third kappa shape index (κ3) is 4.07. The van der Waals surface area contributed by atoms with E-state index < -0.39 is 54.2 Å². The van der Waals surface area contributed by atoms with E-state index in [1.807, 2.05) is 39.0 Å². The van der Waals surface area contributed by atoms with Gasteiger partial charge >= 0.3 is 11.9 Å². The van der Waals surface area contributed by atoms with E-state index in [0.29, 0.717) is 5.69 Å². The maximum atomic E-state index is 13.1. The van der Waals surface area contributed by atoms with Crippen LogP contribution < -0.4 is 0 Å². The van der Waals surface area contributed by atoms with E-state index in [4.69, 9.17) is 18.9 Å². The number of esters is 2. The van der Waals surface area contributed by atoms with Crippen molar-refractivity contribution in [3.63, 3.8) is 0 Å². The number of H-pyrrole nitrogens is 1. The van der Waals surface area contributed by atoms with Gasteiger partial charge in [0.1, 0.15) is 29.6 Å². The van der Waals surface area contributed by atoms with Gasteiger partial charge in [-0.15, -0.1) is 0 Å². The molecule has 2 aliphatic heterocycles. The fourth-order valence-electron chi connectivity index (χ4n) is 7.14. The third-order valence-electron chi connectivity index (χ3n) is 8.94. The van der Waals surface area contributed by atoms with E-state index in [1.165, 1.54) is 7.11 Å². The lowest BCUT2D eigenvalue weighted by atomic mass is 9.57. The van der Waals surface area contributed by atoms with E-state index in [-0.39, 0.29) is 36.0 Å². The molecule has 1 aromatic rings. The standard InChI is InChI=1S/C28H37NO8/c1-13-11-14(2)28-17(12-20(34-5)27(33)35-23(13)16(4)30)8-9-18-21(28)22(31)15(3)24(25(18)37-28)36-26(32)19-7-6-10-29-19/h6-11,13,15-18,20-25,29-31H,12H2,1-5H3/b14-11+/t13?,15-,16+,17?,18?,20+,21?,22?,23+,24-,25?,28+/m1/s1. The minimum Gasteiger partial charge on any atom is -0.457 e. The van der Waals surface area contributed by atoms with Crippen LogP contribution in [0.5, 0.6) is 0 Å². The predicted octanol–water partition coefficient (Wildman–Crippen LogP) is 2.40. The predicted molar refractivity (Wildman–Crippen MR) is 132 cm³/mol. The first kappa shape index (κ1) is 26.2. The first-order valence-electron chi connectivity index (χ1n) is 13.1. The molecule has 4 aliphatic rings. The lowest BCUT2D eigenvalue weighted by molar-refractivity contribution is -0.172. The number of rotatable bonds is 4. The zero-order valence-electron chi connectivity index (χ0n) is 21.9. The minimum atomic E-state index is -0.933. The number of nitrogens with one attached hydrogen (secondary N) is 1. The highest BCUT2D eigenvalue weighted by molar-refractivity contribution is 5.87. The van der Waals surface area contributed by atoms with Crippen LogP contribution in [0.25, 0.3) is 0 Å². The molecule has 0 radical (unpaired) electrons. The van der Waals surface area contributed by atoms with E-state index in [9.17, 15) is 19.8 Å². The SMILES string of the molecule is CO[C@H]1CC2C=CC3C4O[C@]2(/C(C)=C/C(C)[C@@H]([C@H](C)O)OC1=O)C3C(O)[C@@H](C)[C@H]4OC(=O)c1ccc[nH]1. The Kier molecular flexibility index (Phi) is 6.85. The second-order valence-corrected chi connectivity index (χ2v) is 11.1. The van der Waals surface area contributed by atoms with Gasteiger partial charge in [-0.2, -0.15) is 0 Å². The summed E-state index contributed by atoms with van der Waals surface area (Å²) in [6.45, 7) is 7.35. The number of hydrogen-bond acceptors (Lipinski definition) is 8. The zero-order valence-corrected chi connectivity index (χ0v) is 21.9. The normalized spacial score (nSPS) is 45.3. The number of hydrogen-bond donors (Lipinski definition) is 3. The smallest absolute Gasteiger partial charge is 0.355 e. The van der Waals surface area contributed by atoms with Crippen LogP contribution in [-0.2, 0) is 23.7 Å². The van der Waals surface area contributed by atoms with Gasteiger partial charge in [0.2, 0.25) is 0 Å². The highest BCUT2D eigenvalue weighted by Crippen LogP contribution is 2.61. The fraction of sp³-hybridized carbons (Fsp3) is 0.643. The monoisotopic (exact) mass is 515 g/mol. The number of aliphatic hydroxyl groups is 2. The molecular weight excluding hydrogens is 478 g/mol. The Morgan fingerprint density at radius 1 is 1.30 bits per heavy atom. The Morgan fingerprint density at radius 3 is 2.70 bits per heavy atom. The van der Waals surface area contributed by atoms with Gasteiger partial charge in [-0.25, -0.2) is 9.59 Å². The summed E-state index contributed by atoms with van der Waals surface area (Å²) in [5, 5.41) is 22.1. The number of methoxy groups -OCH3 is 1. The van der Waals surface area contributed by atoms with Gasteiger partial charge in [0.05, 0.1) is 12.2 Å². The van der Waals surface area contributed by atoms with Crippen molar-refractivity contribution in [1.29, 1.82) is 0 Å². The average molecular weight is 516 g/mol. The molecule has 12 atom stereocenters. The van der Waals surface area contributed by atoms with E-state index in [1.54, 1.807) is 25.3 Å². The molecule has 5 rings (SSSR count). The molecule has 37 heavy (non-hydrogen) atoms. The Balaban J connectivity index is 1.58. The maximum absolute atomic E-state index is 13.1. The van der Waals surface area contributed by atoms with Crippen molar-refractivity contribution >= 4 is 11.9 Å². The van der Waals surface area contributed by atoms with Crippen LogP contribution in [0, 0.1) is 29.6 Å². The van der Waals surface area contributed by atoms with Crippen molar-refractivity contribution in [3.05, 3.63) is 47.8 Å². The number of aromatic nitrogens is 1. The van der Waals surface area contributed by atoms with Crippen molar-refractivity contribution in [3.8, 4) is 0 Å². The zero-order chi connectivity index (χ0) is 26.6. The molecule has 9 nitrogen and oxygen atoms in total. The van der Waals surface area contributed by atoms with E-state index >= 15 is 0 Å². The van der Waals surface area contributed by atoms with Crippen LogP contribution in [0.4, 0.5) is 0 Å². The van der Waals surface area contributed by atoms with Crippen molar-refractivity contribution in [2.45, 2.75) is 76.3 Å². The summed E-state index contributed by atoms with van der Waals surface area (Å²) < 4.78 is 24.2. The molecule has 4 bridgehead atoms. The molecule has 1 saturated carbocycles. The van der Waals surface area contributed by atoms with Gasteiger partial charge in [0.15, 0.2) is 6.10 Å². The molecule has 6 unspecified atom stereocenters. The Labute approximate surface area is 216 Å². The van der Waals surface area contributed by atoms with Gasteiger partial charge < -0.3 is 34.1 Å². The molecule has 0 amide bonds. The van der Waals surface area contributed by atoms with Crippen molar-refractivity contribution in [2.24, 2.45) is 29.6 Å². The number of aliphatic hydroxyl groups excluding tert-OH is 2. The number of cyclic esters (lactones) is 1. The third-order valence-corrected chi connectivity index (χ3v) is 8.94. The summed E-state index contributed by atoms with van der Waals surface area (Å²) >= 11 is 0. The minimum absolute atomic E-state index is 0.175. The summed E-state index contributed by atoms with van der Waals surface area (Å²) in [5.41, 5.74) is 0.301. The molecule has 1 aromatic heterocycles. The topological polar surface area (TPSA) is 127 Å². The Hall–Kier alpha value is -2.46. The van der Waals surface area contributed by atoms with E-state index in [2.05, 4.69) is 4.98 Å². The van der Waals surface area contributed by atoms with Crippen LogP contribution >= 0.6 is 0 Å². The highest BCUT2D eigenvalue weighted by atomic mass is 16.6. The summed E-state index contributed by atoms with van der Waals surface area (Å²) in [6, 6.07) is 3.37. The van der Waals surface area contributed by atoms with Gasteiger partial charge in [-0.3, -0.25) is 0 Å². The summed E-state index contributed by atoms with van der Waals surface area (Å²) in [5.74, 6) is -2.49. The van der Waals surface area contributed by atoms with Gasteiger partial charge in [-0.1, -0.05) is 32.1 Å². The number of aromatic amines is 1. The molecule has 2 fully saturated rings. The number of carbonyl (C=O) groups excluding carboxylic acids is 2. The van der Waals surface area contributed by atoms with Gasteiger partial charge in [0, 0.05) is 42.9 Å². The Bertz CT molecular complexity index is 1080. The molecule has 3 heterocycles. The molecular formula is C28H37NO8. The number of ether oxygens (including phenoxy) is 4. The second kappa shape index (κ2) is 9.69. The highest BCUT2D eigenvalue weighted by Gasteiger charge is 2.69. The van der Waals surface area contributed by atoms with Crippen LogP contribution in [0.1, 0.15) is 44.6 Å². The number of carbonyl (C=O) groups is 2. The van der Waals surface area contributed by atoms with Crippen molar-refractivity contribution in [1.82, 2.24) is 4.98 Å². The molecule has 1 saturated heterocycles. The van der Waals surface area contributed by atoms with Crippen LogP contribution in [0.15, 0.2) is 42.1 Å². The van der Waals surface area contributed by atoms with Crippen LogP contribution in [0.2, 0.25) is 0 Å². The molecule has 1 spiro atoms. The summed E-state index contributed by atoms with van der Waals surface area (Å²) in [6.07, 6.45) is 3.53. The largest absolute Gasteiger partial charge is 0.457 e. The fourth-order valence-corrected chi connectivity index (χ4v) is 7.14. The molecule has 9 heteroatoms. The molecule has 2 aliphatic carbocycles. The quantitative estimate of drug-likeness (QED) is 0.412. The first-order valence-corrected chi connectivity index (χ1v) is 13.1. The van der Waals surface area contributed by atoms with Crippen LogP contribution in [0.3, 0.4) is 0 Å². The lowest BCUT2D eigenvalue weighted by Gasteiger charge is -2.48. The summed E-state index contributed by atoms with van der Waals surface area (Å²) in [7, 11) is 1.46. The molecule has 0 aromatic carbocycles. The molecule has 3 N–H and O–H groups in total. The van der Waals surface area contributed by atoms with Gasteiger partial charge in [0.25, 0.3) is 0 Å².